The summed E-state index contributed by atoms with van der Waals surface area (Å²) < 4.78 is 0. The zero-order chi connectivity index (χ0) is 9.97. The van der Waals surface area contributed by atoms with E-state index in [9.17, 15) is 0 Å². The van der Waals surface area contributed by atoms with Crippen LogP contribution in [0.15, 0.2) is 0 Å². The largest absolute Gasteiger partial charge is 0.308 e. The second-order valence-electron chi connectivity index (χ2n) is 6.92. The summed E-state index contributed by atoms with van der Waals surface area (Å²) in [5.74, 6) is 1.97. The number of fused-ring (bicyclic) bond motifs is 1. The zero-order valence-electron chi connectivity index (χ0n) is 9.77. The van der Waals surface area contributed by atoms with Gasteiger partial charge in [-0.05, 0) is 42.9 Å². The Balaban J connectivity index is 1.84. The fourth-order valence-electron chi connectivity index (χ4n) is 4.30. The molecule has 4 atom stereocenters. The summed E-state index contributed by atoms with van der Waals surface area (Å²) in [5, 5.41) is 3.96. The average Bonchev–Trinajstić information content (AvgIpc) is 2.56. The van der Waals surface area contributed by atoms with E-state index in [0.717, 1.165) is 17.9 Å². The maximum atomic E-state index is 3.96. The highest BCUT2D eigenvalue weighted by atomic mass is 15.1. The van der Waals surface area contributed by atoms with E-state index in [1.807, 2.05) is 0 Å². The average molecular weight is 193 g/mol. The maximum Gasteiger partial charge on any atom is 0.0220 e. The molecular formula is C13H23N. The summed E-state index contributed by atoms with van der Waals surface area (Å²) >= 11 is 0. The van der Waals surface area contributed by atoms with Crippen LogP contribution < -0.4 is 5.32 Å². The topological polar surface area (TPSA) is 12.0 Å². The first-order chi connectivity index (χ1) is 6.51. The van der Waals surface area contributed by atoms with Crippen LogP contribution in [-0.4, -0.2) is 11.6 Å². The van der Waals surface area contributed by atoms with Gasteiger partial charge in [0.2, 0.25) is 0 Å². The van der Waals surface area contributed by atoms with E-state index < -0.39 is 0 Å². The second kappa shape index (κ2) is 2.55. The van der Waals surface area contributed by atoms with Crippen LogP contribution >= 0.6 is 0 Å². The van der Waals surface area contributed by atoms with E-state index in [4.69, 9.17) is 0 Å². The summed E-state index contributed by atoms with van der Waals surface area (Å²) in [6.45, 7) is 7.28. The Kier molecular flexibility index (Phi) is 1.68. The lowest BCUT2D eigenvalue weighted by atomic mass is 9.69. The van der Waals surface area contributed by atoms with Gasteiger partial charge in [-0.15, -0.1) is 0 Å². The normalized spacial score (nSPS) is 51.2. The third-order valence-corrected chi connectivity index (χ3v) is 4.85. The van der Waals surface area contributed by atoms with E-state index in [1.54, 1.807) is 0 Å². The summed E-state index contributed by atoms with van der Waals surface area (Å²) in [6, 6.07) is 0.915. The van der Waals surface area contributed by atoms with Gasteiger partial charge in [-0.2, -0.15) is 0 Å². The van der Waals surface area contributed by atoms with Crippen molar-refractivity contribution in [1.82, 2.24) is 5.32 Å². The first-order valence-electron chi connectivity index (χ1n) is 6.29. The Morgan fingerprint density at radius 1 is 1.29 bits per heavy atom. The summed E-state index contributed by atoms with van der Waals surface area (Å²) in [6.07, 6.45) is 7.31. The number of nitrogens with one attached hydrogen (secondary N) is 1. The van der Waals surface area contributed by atoms with Gasteiger partial charge in [-0.1, -0.05) is 27.2 Å². The molecule has 0 radical (unpaired) electrons. The van der Waals surface area contributed by atoms with Crippen LogP contribution in [0, 0.1) is 17.3 Å². The van der Waals surface area contributed by atoms with Crippen molar-refractivity contribution in [3.63, 3.8) is 0 Å². The Morgan fingerprint density at radius 3 is 2.64 bits per heavy atom. The molecule has 0 bridgehead atoms. The molecular weight excluding hydrogens is 170 g/mol. The van der Waals surface area contributed by atoms with Crippen LogP contribution in [-0.2, 0) is 0 Å². The highest BCUT2D eigenvalue weighted by Gasteiger charge is 2.59. The van der Waals surface area contributed by atoms with E-state index in [1.165, 1.54) is 32.1 Å². The minimum Gasteiger partial charge on any atom is -0.308 e. The third kappa shape index (κ3) is 1.18. The van der Waals surface area contributed by atoms with Gasteiger partial charge in [0.15, 0.2) is 0 Å². The van der Waals surface area contributed by atoms with Gasteiger partial charge in [0, 0.05) is 11.6 Å². The van der Waals surface area contributed by atoms with Crippen molar-refractivity contribution in [1.29, 1.82) is 0 Å². The maximum absolute atomic E-state index is 3.96. The molecule has 0 aromatic carbocycles. The molecule has 0 aromatic rings. The quantitative estimate of drug-likeness (QED) is 0.623. The van der Waals surface area contributed by atoms with Crippen molar-refractivity contribution in [3.05, 3.63) is 0 Å². The first kappa shape index (κ1) is 9.21. The molecule has 14 heavy (non-hydrogen) atoms. The molecule has 0 amide bonds. The standard InChI is InChI=1S/C13H23N/c1-12(2,3)11-5-4-6-13(11)8-9-7-10(9)14-13/h9-11,14H,4-8H2,1-3H3. The fourth-order valence-corrected chi connectivity index (χ4v) is 4.30. The SMILES string of the molecule is CC(C)(C)C1CCCC12CC1CC1N2. The lowest BCUT2D eigenvalue weighted by molar-refractivity contribution is 0.129. The van der Waals surface area contributed by atoms with Gasteiger partial charge < -0.3 is 5.32 Å². The Labute approximate surface area is 87.7 Å². The summed E-state index contributed by atoms with van der Waals surface area (Å²) in [4.78, 5) is 0. The molecule has 1 heteroatoms. The number of hydrogen-bond donors (Lipinski definition) is 1. The summed E-state index contributed by atoms with van der Waals surface area (Å²) in [5.41, 5.74) is 1.06. The van der Waals surface area contributed by atoms with Crippen molar-refractivity contribution in [2.24, 2.45) is 17.3 Å². The number of rotatable bonds is 0. The second-order valence-corrected chi connectivity index (χ2v) is 6.92. The van der Waals surface area contributed by atoms with Crippen LogP contribution in [0.4, 0.5) is 0 Å². The smallest absolute Gasteiger partial charge is 0.0220 e. The van der Waals surface area contributed by atoms with Gasteiger partial charge in [0.25, 0.3) is 0 Å². The monoisotopic (exact) mass is 193 g/mol. The molecule has 3 fully saturated rings. The van der Waals surface area contributed by atoms with Crippen LogP contribution in [0.5, 0.6) is 0 Å². The molecule has 2 aliphatic carbocycles. The Bertz CT molecular complexity index is 240. The minimum atomic E-state index is 0.500. The minimum absolute atomic E-state index is 0.500. The molecule has 80 valence electrons. The summed E-state index contributed by atoms with van der Waals surface area (Å²) in [7, 11) is 0. The van der Waals surface area contributed by atoms with Gasteiger partial charge in [0.1, 0.15) is 0 Å². The fraction of sp³-hybridized carbons (Fsp3) is 1.00. The molecule has 3 rings (SSSR count). The van der Waals surface area contributed by atoms with Crippen molar-refractivity contribution < 1.29 is 0 Å². The molecule has 4 unspecified atom stereocenters. The molecule has 3 aliphatic rings. The van der Waals surface area contributed by atoms with Gasteiger partial charge in [-0.25, -0.2) is 0 Å². The predicted molar refractivity (Wildman–Crippen MR) is 59.2 cm³/mol. The highest BCUT2D eigenvalue weighted by Crippen LogP contribution is 2.57. The van der Waals surface area contributed by atoms with Crippen molar-refractivity contribution in [2.45, 2.75) is 64.5 Å². The third-order valence-electron chi connectivity index (χ3n) is 4.85. The molecule has 2 saturated carbocycles. The first-order valence-corrected chi connectivity index (χ1v) is 6.29. The predicted octanol–water partition coefficient (Wildman–Crippen LogP) is 2.95. The van der Waals surface area contributed by atoms with Crippen LogP contribution in [0.2, 0.25) is 0 Å². The number of piperidine rings is 1. The molecule has 1 saturated heterocycles. The Morgan fingerprint density at radius 2 is 2.07 bits per heavy atom. The van der Waals surface area contributed by atoms with E-state index in [2.05, 4.69) is 26.1 Å². The molecule has 1 N–H and O–H groups in total. The van der Waals surface area contributed by atoms with Crippen LogP contribution in [0.1, 0.15) is 52.9 Å². The van der Waals surface area contributed by atoms with Crippen molar-refractivity contribution >= 4 is 0 Å². The Hall–Kier alpha value is -0.0400. The van der Waals surface area contributed by atoms with Gasteiger partial charge in [0.05, 0.1) is 0 Å². The lowest BCUT2D eigenvalue weighted by Crippen LogP contribution is -2.49. The van der Waals surface area contributed by atoms with E-state index in [0.29, 0.717) is 11.0 Å². The molecule has 1 spiro atoms. The van der Waals surface area contributed by atoms with Crippen LogP contribution in [0.3, 0.4) is 0 Å². The van der Waals surface area contributed by atoms with Gasteiger partial charge in [-0.3, -0.25) is 0 Å². The van der Waals surface area contributed by atoms with E-state index >= 15 is 0 Å². The highest BCUT2D eigenvalue weighted by molar-refractivity contribution is 5.16. The molecule has 0 aromatic heterocycles. The van der Waals surface area contributed by atoms with Crippen molar-refractivity contribution in [3.8, 4) is 0 Å². The lowest BCUT2D eigenvalue weighted by Gasteiger charge is -2.41. The molecule has 1 aliphatic heterocycles. The zero-order valence-corrected chi connectivity index (χ0v) is 9.77. The van der Waals surface area contributed by atoms with E-state index in [-0.39, 0.29) is 0 Å². The molecule has 1 nitrogen and oxygen atoms in total. The van der Waals surface area contributed by atoms with Crippen molar-refractivity contribution in [2.75, 3.05) is 0 Å². The van der Waals surface area contributed by atoms with Gasteiger partial charge >= 0.3 is 0 Å². The molecule has 1 heterocycles. The van der Waals surface area contributed by atoms with Crippen LogP contribution in [0.25, 0.3) is 0 Å². The number of hydrogen-bond acceptors (Lipinski definition) is 1.